The topological polar surface area (TPSA) is 61.8 Å². The van der Waals surface area contributed by atoms with Crippen LogP contribution in [-0.4, -0.2) is 55.0 Å². The van der Waals surface area contributed by atoms with E-state index in [1.165, 1.54) is 7.11 Å². The Bertz CT molecular complexity index is 259. The number of aliphatic hydroxyl groups excluding tert-OH is 1. The predicted octanol–water partition coefficient (Wildman–Crippen LogP) is 1.21. The van der Waals surface area contributed by atoms with Gasteiger partial charge < -0.3 is 20.1 Å². The van der Waals surface area contributed by atoms with Crippen molar-refractivity contribution in [3.63, 3.8) is 0 Å². The first kappa shape index (κ1) is 15.2. The monoisotopic (exact) mass is 258 g/mol. The van der Waals surface area contributed by atoms with Crippen LogP contribution in [-0.2, 0) is 4.74 Å². The Morgan fingerprint density at radius 2 is 2.28 bits per heavy atom. The molecule has 0 radical (unpaired) electrons. The number of rotatable bonds is 5. The van der Waals surface area contributed by atoms with Gasteiger partial charge in [0.25, 0.3) is 0 Å². The zero-order valence-electron chi connectivity index (χ0n) is 11.7. The van der Waals surface area contributed by atoms with Crippen molar-refractivity contribution in [2.45, 2.75) is 45.3 Å². The Morgan fingerprint density at radius 3 is 2.83 bits per heavy atom. The number of likely N-dealkylation sites (tertiary alicyclic amines) is 1. The number of carbonyl (C=O) groups is 1. The highest BCUT2D eigenvalue weighted by Gasteiger charge is 2.30. The van der Waals surface area contributed by atoms with Gasteiger partial charge in [-0.05, 0) is 32.2 Å². The lowest BCUT2D eigenvalue weighted by Crippen LogP contribution is -2.52. The van der Waals surface area contributed by atoms with E-state index in [1.807, 2.05) is 6.92 Å². The van der Waals surface area contributed by atoms with Crippen LogP contribution in [0.15, 0.2) is 0 Å². The Balaban J connectivity index is 2.53. The minimum absolute atomic E-state index is 0.0719. The highest BCUT2D eigenvalue weighted by Crippen LogP contribution is 2.20. The van der Waals surface area contributed by atoms with Gasteiger partial charge >= 0.3 is 6.09 Å². The number of hydrogen-bond acceptors (Lipinski definition) is 4. The number of piperidine rings is 1. The van der Waals surface area contributed by atoms with Crippen LogP contribution >= 0.6 is 0 Å². The fourth-order valence-corrected chi connectivity index (χ4v) is 2.48. The maximum atomic E-state index is 11.3. The number of nitrogens with one attached hydrogen (secondary N) is 1. The molecule has 1 heterocycles. The van der Waals surface area contributed by atoms with E-state index < -0.39 is 0 Å². The van der Waals surface area contributed by atoms with E-state index in [0.29, 0.717) is 0 Å². The highest BCUT2D eigenvalue weighted by atomic mass is 16.5. The molecule has 5 heteroatoms. The van der Waals surface area contributed by atoms with E-state index in [0.717, 1.165) is 38.9 Å². The van der Waals surface area contributed by atoms with Crippen LogP contribution in [0.5, 0.6) is 0 Å². The normalized spacial score (nSPS) is 26.7. The molecule has 0 aromatic carbocycles. The van der Waals surface area contributed by atoms with E-state index in [-0.39, 0.29) is 24.2 Å². The summed E-state index contributed by atoms with van der Waals surface area (Å²) >= 11 is 0. The molecule has 2 N–H and O–H groups in total. The minimum Gasteiger partial charge on any atom is -0.453 e. The number of alkyl carbamates (subject to hydrolysis) is 1. The van der Waals surface area contributed by atoms with E-state index in [1.54, 1.807) is 0 Å². The molecule has 1 aliphatic heterocycles. The molecule has 1 aliphatic rings. The largest absolute Gasteiger partial charge is 0.453 e. The van der Waals surface area contributed by atoms with E-state index in [9.17, 15) is 9.90 Å². The lowest BCUT2D eigenvalue weighted by atomic mass is 9.90. The Kier molecular flexibility index (Phi) is 6.43. The number of unbranched alkanes of at least 4 members (excludes halogenated alkanes) is 1. The van der Waals surface area contributed by atoms with Crippen molar-refractivity contribution in [2.75, 3.05) is 26.7 Å². The summed E-state index contributed by atoms with van der Waals surface area (Å²) in [7, 11) is 1.37. The maximum absolute atomic E-state index is 11.3. The molecule has 1 rings (SSSR count). The molecular formula is C13H26N2O3. The standard InChI is InChI=1S/C13H26N2O3/c1-4-5-6-15-8-11(10(2)16)7-12(9-15)14-13(17)18-3/h10-12,16H,4-9H2,1-3H3,(H,14,17). The molecule has 1 fully saturated rings. The smallest absolute Gasteiger partial charge is 0.407 e. The first-order chi connectivity index (χ1) is 8.56. The number of nitrogens with zero attached hydrogens (tertiary/aromatic N) is 1. The summed E-state index contributed by atoms with van der Waals surface area (Å²) in [6, 6.07) is 0.0719. The third-order valence-corrected chi connectivity index (χ3v) is 3.58. The van der Waals surface area contributed by atoms with Crippen molar-refractivity contribution in [2.24, 2.45) is 5.92 Å². The molecule has 0 saturated carbocycles. The Labute approximate surface area is 109 Å². The predicted molar refractivity (Wildman–Crippen MR) is 70.5 cm³/mol. The van der Waals surface area contributed by atoms with Gasteiger partial charge in [0.15, 0.2) is 0 Å². The van der Waals surface area contributed by atoms with Crippen molar-refractivity contribution >= 4 is 6.09 Å². The summed E-state index contributed by atoms with van der Waals surface area (Å²) in [5, 5.41) is 12.6. The molecular weight excluding hydrogens is 232 g/mol. The average molecular weight is 258 g/mol. The Hall–Kier alpha value is -0.810. The van der Waals surface area contributed by atoms with E-state index in [4.69, 9.17) is 0 Å². The van der Waals surface area contributed by atoms with Crippen LogP contribution in [0.1, 0.15) is 33.1 Å². The maximum Gasteiger partial charge on any atom is 0.407 e. The average Bonchev–Trinajstić information content (AvgIpc) is 2.35. The number of carbonyl (C=O) groups excluding carboxylic acids is 1. The third kappa shape index (κ3) is 4.82. The number of ether oxygens (including phenoxy) is 1. The second-order valence-electron chi connectivity index (χ2n) is 5.18. The molecule has 3 unspecified atom stereocenters. The van der Waals surface area contributed by atoms with E-state index >= 15 is 0 Å². The number of methoxy groups -OCH3 is 1. The molecule has 0 aliphatic carbocycles. The summed E-state index contributed by atoms with van der Waals surface area (Å²) in [6.45, 7) is 6.78. The number of hydrogen-bond donors (Lipinski definition) is 2. The summed E-state index contributed by atoms with van der Waals surface area (Å²) in [4.78, 5) is 13.6. The van der Waals surface area contributed by atoms with Crippen molar-refractivity contribution in [1.29, 1.82) is 0 Å². The van der Waals surface area contributed by atoms with Gasteiger partial charge in [-0.1, -0.05) is 13.3 Å². The van der Waals surface area contributed by atoms with Gasteiger partial charge in [0, 0.05) is 19.1 Å². The molecule has 18 heavy (non-hydrogen) atoms. The fourth-order valence-electron chi connectivity index (χ4n) is 2.48. The highest BCUT2D eigenvalue weighted by molar-refractivity contribution is 5.67. The third-order valence-electron chi connectivity index (χ3n) is 3.58. The lowest BCUT2D eigenvalue weighted by molar-refractivity contribution is 0.0467. The van der Waals surface area contributed by atoms with Gasteiger partial charge in [0.05, 0.1) is 13.2 Å². The molecule has 1 amide bonds. The SMILES string of the molecule is CCCCN1CC(NC(=O)OC)CC(C(C)O)C1. The molecule has 0 bridgehead atoms. The minimum atomic E-state index is -0.387. The second-order valence-corrected chi connectivity index (χ2v) is 5.18. The van der Waals surface area contributed by atoms with Crippen molar-refractivity contribution in [3.8, 4) is 0 Å². The van der Waals surface area contributed by atoms with E-state index in [2.05, 4.69) is 21.9 Å². The van der Waals surface area contributed by atoms with Crippen molar-refractivity contribution < 1.29 is 14.6 Å². The van der Waals surface area contributed by atoms with Crippen LogP contribution < -0.4 is 5.32 Å². The van der Waals surface area contributed by atoms with Gasteiger partial charge in [-0.15, -0.1) is 0 Å². The van der Waals surface area contributed by atoms with Crippen molar-refractivity contribution in [3.05, 3.63) is 0 Å². The lowest BCUT2D eigenvalue weighted by Gasteiger charge is -2.39. The van der Waals surface area contributed by atoms with Crippen LogP contribution in [0.25, 0.3) is 0 Å². The van der Waals surface area contributed by atoms with Crippen LogP contribution in [0.3, 0.4) is 0 Å². The summed E-state index contributed by atoms with van der Waals surface area (Å²) < 4.78 is 4.63. The van der Waals surface area contributed by atoms with Gasteiger partial charge in [-0.25, -0.2) is 4.79 Å². The van der Waals surface area contributed by atoms with Crippen LogP contribution in [0.2, 0.25) is 0 Å². The van der Waals surface area contributed by atoms with Gasteiger partial charge in [-0.2, -0.15) is 0 Å². The zero-order valence-corrected chi connectivity index (χ0v) is 11.7. The van der Waals surface area contributed by atoms with Crippen molar-refractivity contribution in [1.82, 2.24) is 10.2 Å². The molecule has 106 valence electrons. The molecule has 0 spiro atoms. The zero-order chi connectivity index (χ0) is 13.5. The number of aliphatic hydroxyl groups is 1. The molecule has 3 atom stereocenters. The van der Waals surface area contributed by atoms with Gasteiger partial charge in [-0.3, -0.25) is 0 Å². The first-order valence-corrected chi connectivity index (χ1v) is 6.81. The molecule has 0 aromatic heterocycles. The molecule has 1 saturated heterocycles. The second kappa shape index (κ2) is 7.59. The Morgan fingerprint density at radius 1 is 1.56 bits per heavy atom. The quantitative estimate of drug-likeness (QED) is 0.778. The summed E-state index contributed by atoms with van der Waals surface area (Å²) in [6.07, 6.45) is 2.40. The van der Waals surface area contributed by atoms with Crippen LogP contribution in [0, 0.1) is 5.92 Å². The molecule has 5 nitrogen and oxygen atoms in total. The summed E-state index contributed by atoms with van der Waals surface area (Å²) in [5.41, 5.74) is 0. The fraction of sp³-hybridized carbons (Fsp3) is 0.923. The van der Waals surface area contributed by atoms with Gasteiger partial charge in [0.2, 0.25) is 0 Å². The van der Waals surface area contributed by atoms with Gasteiger partial charge in [0.1, 0.15) is 0 Å². The summed E-state index contributed by atoms with van der Waals surface area (Å²) in [5.74, 6) is 0.220. The first-order valence-electron chi connectivity index (χ1n) is 6.81. The van der Waals surface area contributed by atoms with Crippen LogP contribution in [0.4, 0.5) is 4.79 Å². The number of amides is 1. The molecule has 0 aromatic rings.